The molecule has 0 bridgehead atoms. The van der Waals surface area contributed by atoms with Crippen molar-refractivity contribution >= 4 is 28.9 Å². The minimum Gasteiger partial charge on any atom is -0.465 e. The van der Waals surface area contributed by atoms with Gasteiger partial charge in [-0.3, -0.25) is 4.68 Å². The van der Waals surface area contributed by atoms with Crippen molar-refractivity contribution in [1.82, 2.24) is 9.78 Å². The minimum absolute atomic E-state index is 0.318. The quantitative estimate of drug-likeness (QED) is 0.651. The van der Waals surface area contributed by atoms with Gasteiger partial charge in [-0.1, -0.05) is 11.6 Å². The molecule has 106 valence electrons. The van der Waals surface area contributed by atoms with Crippen LogP contribution in [0.5, 0.6) is 0 Å². The molecule has 0 saturated carbocycles. The van der Waals surface area contributed by atoms with Crippen LogP contribution >= 0.6 is 11.6 Å². The summed E-state index contributed by atoms with van der Waals surface area (Å²) < 4.78 is 6.50. The highest BCUT2D eigenvalue weighted by Gasteiger charge is 2.15. The summed E-state index contributed by atoms with van der Waals surface area (Å²) in [4.78, 5) is 11.7. The minimum atomic E-state index is -0.485. The Morgan fingerprint density at radius 2 is 2.35 bits per heavy atom. The fourth-order valence-electron chi connectivity index (χ4n) is 1.81. The Morgan fingerprint density at radius 3 is 3.00 bits per heavy atom. The molecule has 0 aliphatic rings. The third kappa shape index (κ3) is 3.21. The maximum atomic E-state index is 11.7. The molecule has 0 unspecified atom stereocenters. The zero-order valence-electron chi connectivity index (χ0n) is 11.0. The summed E-state index contributed by atoms with van der Waals surface area (Å²) in [5, 5.41) is 7.58. The van der Waals surface area contributed by atoms with Crippen LogP contribution in [0.1, 0.15) is 10.4 Å². The van der Waals surface area contributed by atoms with E-state index in [9.17, 15) is 4.79 Å². The number of nitrogens with two attached hydrogens (primary N) is 1. The van der Waals surface area contributed by atoms with Crippen molar-refractivity contribution in [3.63, 3.8) is 0 Å². The third-order valence-electron chi connectivity index (χ3n) is 2.72. The SMILES string of the molecule is COC(=O)c1cc(N)cc(Cl)c1NCCn1cccn1. The number of nitrogens with zero attached hydrogens (tertiary/aromatic N) is 2. The lowest BCUT2D eigenvalue weighted by Crippen LogP contribution is -2.14. The van der Waals surface area contributed by atoms with Gasteiger partial charge in [-0.15, -0.1) is 0 Å². The Morgan fingerprint density at radius 1 is 1.55 bits per heavy atom. The summed E-state index contributed by atoms with van der Waals surface area (Å²) in [6.45, 7) is 1.21. The lowest BCUT2D eigenvalue weighted by atomic mass is 10.1. The van der Waals surface area contributed by atoms with E-state index in [1.165, 1.54) is 13.2 Å². The number of hydrogen-bond donors (Lipinski definition) is 2. The number of anilines is 2. The summed E-state index contributed by atoms with van der Waals surface area (Å²) in [7, 11) is 1.31. The van der Waals surface area contributed by atoms with E-state index in [0.29, 0.717) is 35.1 Å². The first-order valence-corrected chi connectivity index (χ1v) is 6.38. The number of esters is 1. The molecule has 2 aromatic rings. The van der Waals surface area contributed by atoms with E-state index in [1.807, 2.05) is 12.3 Å². The van der Waals surface area contributed by atoms with E-state index < -0.39 is 5.97 Å². The van der Waals surface area contributed by atoms with Crippen molar-refractivity contribution in [3.8, 4) is 0 Å². The Kier molecular flexibility index (Phi) is 4.47. The van der Waals surface area contributed by atoms with E-state index in [4.69, 9.17) is 22.1 Å². The molecule has 20 heavy (non-hydrogen) atoms. The zero-order valence-corrected chi connectivity index (χ0v) is 11.7. The normalized spacial score (nSPS) is 10.3. The van der Waals surface area contributed by atoms with Crippen molar-refractivity contribution in [3.05, 3.63) is 41.2 Å². The van der Waals surface area contributed by atoms with Crippen LogP contribution in [0.15, 0.2) is 30.6 Å². The van der Waals surface area contributed by atoms with E-state index >= 15 is 0 Å². The van der Waals surface area contributed by atoms with Crippen LogP contribution in [-0.4, -0.2) is 29.4 Å². The van der Waals surface area contributed by atoms with Crippen LogP contribution in [-0.2, 0) is 11.3 Å². The molecular formula is C13H15ClN4O2. The van der Waals surface area contributed by atoms with E-state index in [-0.39, 0.29) is 0 Å². The topological polar surface area (TPSA) is 82.2 Å². The maximum absolute atomic E-state index is 11.7. The Labute approximate surface area is 121 Å². The van der Waals surface area contributed by atoms with Gasteiger partial charge in [-0.2, -0.15) is 5.10 Å². The molecule has 0 radical (unpaired) electrons. The highest BCUT2D eigenvalue weighted by molar-refractivity contribution is 6.34. The standard InChI is InChI=1S/C13H15ClN4O2/c1-20-13(19)10-7-9(15)8-11(14)12(10)16-4-6-18-5-2-3-17-18/h2-3,5,7-8,16H,4,6,15H2,1H3. The number of aromatic nitrogens is 2. The summed E-state index contributed by atoms with van der Waals surface area (Å²) in [5.41, 5.74) is 6.93. The second-order valence-electron chi connectivity index (χ2n) is 4.11. The molecule has 0 spiro atoms. The van der Waals surface area contributed by atoms with Crippen LogP contribution in [0.4, 0.5) is 11.4 Å². The Balaban J connectivity index is 2.15. The summed E-state index contributed by atoms with van der Waals surface area (Å²) in [5.74, 6) is -0.485. The van der Waals surface area contributed by atoms with Crippen LogP contribution in [0, 0.1) is 0 Å². The highest BCUT2D eigenvalue weighted by atomic mass is 35.5. The van der Waals surface area contributed by atoms with Gasteiger partial charge in [0, 0.05) is 24.6 Å². The lowest BCUT2D eigenvalue weighted by molar-refractivity contribution is 0.0602. The lowest BCUT2D eigenvalue weighted by Gasteiger charge is -2.13. The van der Waals surface area contributed by atoms with Crippen LogP contribution < -0.4 is 11.1 Å². The number of carbonyl (C=O) groups is 1. The molecule has 0 saturated heterocycles. The van der Waals surface area contributed by atoms with Crippen molar-refractivity contribution in [2.75, 3.05) is 24.7 Å². The molecule has 0 aliphatic carbocycles. The zero-order chi connectivity index (χ0) is 14.5. The average Bonchev–Trinajstić information content (AvgIpc) is 2.93. The molecular weight excluding hydrogens is 280 g/mol. The average molecular weight is 295 g/mol. The molecule has 2 rings (SSSR count). The fourth-order valence-corrected chi connectivity index (χ4v) is 2.10. The van der Waals surface area contributed by atoms with Gasteiger partial charge in [0.2, 0.25) is 0 Å². The number of nitrogen functional groups attached to an aromatic ring is 1. The fraction of sp³-hybridized carbons (Fsp3) is 0.231. The Bertz CT molecular complexity index is 599. The van der Waals surface area contributed by atoms with Gasteiger partial charge in [-0.25, -0.2) is 4.79 Å². The molecule has 0 aliphatic heterocycles. The molecule has 1 aromatic heterocycles. The number of benzene rings is 1. The number of ether oxygens (including phenoxy) is 1. The smallest absolute Gasteiger partial charge is 0.340 e. The molecule has 0 atom stereocenters. The first-order chi connectivity index (χ1) is 9.61. The van der Waals surface area contributed by atoms with Gasteiger partial charge in [0.25, 0.3) is 0 Å². The van der Waals surface area contributed by atoms with Crippen LogP contribution in [0.25, 0.3) is 0 Å². The van der Waals surface area contributed by atoms with Gasteiger partial charge in [0.15, 0.2) is 0 Å². The van der Waals surface area contributed by atoms with Crippen molar-refractivity contribution in [1.29, 1.82) is 0 Å². The molecule has 0 amide bonds. The predicted octanol–water partition coefficient (Wildman–Crippen LogP) is 2.02. The van der Waals surface area contributed by atoms with Crippen LogP contribution in [0.3, 0.4) is 0 Å². The third-order valence-corrected chi connectivity index (χ3v) is 3.02. The monoisotopic (exact) mass is 294 g/mol. The van der Waals surface area contributed by atoms with Gasteiger partial charge in [0.05, 0.1) is 29.9 Å². The summed E-state index contributed by atoms with van der Waals surface area (Å²) >= 11 is 6.12. The van der Waals surface area contributed by atoms with Gasteiger partial charge < -0.3 is 15.8 Å². The number of rotatable bonds is 5. The summed E-state index contributed by atoms with van der Waals surface area (Å²) in [6.07, 6.45) is 3.56. The molecule has 3 N–H and O–H groups in total. The predicted molar refractivity (Wildman–Crippen MR) is 77.9 cm³/mol. The number of carbonyl (C=O) groups excluding carboxylic acids is 1. The van der Waals surface area contributed by atoms with Gasteiger partial charge >= 0.3 is 5.97 Å². The van der Waals surface area contributed by atoms with E-state index in [0.717, 1.165) is 0 Å². The van der Waals surface area contributed by atoms with Crippen molar-refractivity contribution in [2.24, 2.45) is 0 Å². The number of methoxy groups -OCH3 is 1. The van der Waals surface area contributed by atoms with Crippen molar-refractivity contribution < 1.29 is 9.53 Å². The first-order valence-electron chi connectivity index (χ1n) is 6.00. The molecule has 1 heterocycles. The van der Waals surface area contributed by atoms with Crippen molar-refractivity contribution in [2.45, 2.75) is 6.54 Å². The molecule has 1 aromatic carbocycles. The molecule has 0 fully saturated rings. The number of hydrogen-bond acceptors (Lipinski definition) is 5. The first kappa shape index (κ1) is 14.2. The van der Waals surface area contributed by atoms with E-state index in [2.05, 4.69) is 10.4 Å². The van der Waals surface area contributed by atoms with Crippen LogP contribution in [0.2, 0.25) is 5.02 Å². The second kappa shape index (κ2) is 6.29. The second-order valence-corrected chi connectivity index (χ2v) is 4.52. The van der Waals surface area contributed by atoms with E-state index in [1.54, 1.807) is 16.9 Å². The maximum Gasteiger partial charge on any atom is 0.340 e. The largest absolute Gasteiger partial charge is 0.465 e. The summed E-state index contributed by atoms with van der Waals surface area (Å²) in [6, 6.07) is 4.97. The molecule has 6 nitrogen and oxygen atoms in total. The highest BCUT2D eigenvalue weighted by Crippen LogP contribution is 2.29. The van der Waals surface area contributed by atoms with Gasteiger partial charge in [0.1, 0.15) is 0 Å². The Hall–Kier alpha value is -2.21. The van der Waals surface area contributed by atoms with Gasteiger partial charge in [-0.05, 0) is 18.2 Å². The number of nitrogens with one attached hydrogen (secondary N) is 1. The number of halogens is 1. The molecule has 7 heteroatoms.